The van der Waals surface area contributed by atoms with Gasteiger partial charge in [0.2, 0.25) is 0 Å². The van der Waals surface area contributed by atoms with Crippen LogP contribution in [0, 0.1) is 13.5 Å². The van der Waals surface area contributed by atoms with Crippen LogP contribution >= 0.6 is 7.60 Å². The highest BCUT2D eigenvalue weighted by molar-refractivity contribution is 7.91. The van der Waals surface area contributed by atoms with Gasteiger partial charge >= 0.3 is 37.3 Å². The summed E-state index contributed by atoms with van der Waals surface area (Å²) in [6, 6.07) is 20.7. The highest BCUT2D eigenvalue weighted by Crippen LogP contribution is 2.47. The number of carboxylic acids is 1. The maximum atomic E-state index is 11.8. The summed E-state index contributed by atoms with van der Waals surface area (Å²) in [6.07, 6.45) is 23.3. The molecule has 0 spiro atoms. The summed E-state index contributed by atoms with van der Waals surface area (Å²) in [4.78, 5) is 78.6. The van der Waals surface area contributed by atoms with Crippen molar-refractivity contribution in [2.75, 3.05) is 45.1 Å². The number of carboxylic acid groups (broad SMARTS) is 1. The maximum absolute atomic E-state index is 11.8. The van der Waals surface area contributed by atoms with E-state index in [1.807, 2.05) is 31.2 Å². The van der Waals surface area contributed by atoms with Gasteiger partial charge in [0.15, 0.2) is 0 Å². The summed E-state index contributed by atoms with van der Waals surface area (Å²) in [5, 5.41) is 8.88. The maximum Gasteiger partial charge on any atom is 0.341 e. The standard InChI is InChI=1S/C12H12N2O2.C10H8N2O2.C10H11NO2.C9H9NO2S.C8H17O5P.C6H5NO/c1-2-16-12(15)11-8-14-7-10(11)9-3-5-13-6-4-9;13-10(14)9-6-12-5-8(9)7-1-3-11-4-2-7;1-2-13-10(12)4-3-9-5-7-11-8-6-9;1-8-3-5-9(6-4-8)13(11,12)7-10-2;1-4-11-8(9)7-14(10,12-5-2)13-6-3;8-5-6-1-3-7-4-2-6/h3-8,14H,2H2,1H3;1-6,12H,(H,13,14);3-8H,2H2,1H3;3-6H,7H2,1H3;4-7H2,1-3H3;1-5H/b;;4-3-;;;. The monoisotopic (exact) mass is 1110 g/mol. The minimum atomic E-state index is -3.38. The summed E-state index contributed by atoms with van der Waals surface area (Å²) in [5.74, 6) is -2.60. The Morgan fingerprint density at radius 3 is 1.50 bits per heavy atom. The molecule has 0 aliphatic rings. The number of hydrogen-bond acceptors (Lipinski definition) is 17. The van der Waals surface area contributed by atoms with Crippen molar-refractivity contribution in [3.63, 3.8) is 0 Å². The number of aromatic carboxylic acids is 1. The molecule has 412 valence electrons. The lowest BCUT2D eigenvalue weighted by atomic mass is 10.1. The van der Waals surface area contributed by atoms with Gasteiger partial charge in [0.1, 0.15) is 12.4 Å². The molecule has 0 amide bonds. The molecule has 23 heteroatoms. The van der Waals surface area contributed by atoms with Gasteiger partial charge in [0, 0.05) is 97.1 Å². The van der Waals surface area contributed by atoms with Crippen LogP contribution in [-0.4, -0.2) is 119 Å². The van der Waals surface area contributed by atoms with Crippen molar-refractivity contribution in [2.45, 2.75) is 46.4 Å². The van der Waals surface area contributed by atoms with E-state index in [9.17, 15) is 37.0 Å². The van der Waals surface area contributed by atoms with Crippen molar-refractivity contribution < 1.29 is 65.3 Å². The zero-order valence-corrected chi connectivity index (χ0v) is 45.6. The van der Waals surface area contributed by atoms with Gasteiger partial charge in [0.25, 0.3) is 9.84 Å². The van der Waals surface area contributed by atoms with Gasteiger partial charge in [-0.2, -0.15) is 0 Å². The van der Waals surface area contributed by atoms with E-state index in [1.165, 1.54) is 24.4 Å². The molecule has 7 aromatic rings. The van der Waals surface area contributed by atoms with Crippen LogP contribution in [-0.2, 0) is 47.2 Å². The molecule has 0 atom stereocenters. The van der Waals surface area contributed by atoms with Crippen LogP contribution in [0.1, 0.15) is 76.8 Å². The Morgan fingerprint density at radius 1 is 0.628 bits per heavy atom. The minimum Gasteiger partial charge on any atom is -0.478 e. The van der Waals surface area contributed by atoms with Crippen molar-refractivity contribution in [3.05, 3.63) is 192 Å². The van der Waals surface area contributed by atoms with E-state index in [4.69, 9.17) is 30.2 Å². The number of carbonyl (C=O) groups excluding carboxylic acids is 4. The number of ether oxygens (including phenoxy) is 3. The van der Waals surface area contributed by atoms with E-state index in [2.05, 4.69) is 39.5 Å². The van der Waals surface area contributed by atoms with E-state index in [0.29, 0.717) is 29.9 Å². The third kappa shape index (κ3) is 25.2. The smallest absolute Gasteiger partial charge is 0.341 e. The summed E-state index contributed by atoms with van der Waals surface area (Å²) in [5.41, 5.74) is 6.73. The molecule has 7 rings (SSSR count). The first-order valence-electron chi connectivity index (χ1n) is 23.8. The number of hydrogen-bond donors (Lipinski definition) is 3. The first-order valence-corrected chi connectivity index (χ1v) is 27.2. The zero-order valence-electron chi connectivity index (χ0n) is 43.9. The number of aryl methyl sites for hydroxylation is 1. The van der Waals surface area contributed by atoms with E-state index in [0.717, 1.165) is 34.1 Å². The second kappa shape index (κ2) is 37.1. The van der Waals surface area contributed by atoms with Gasteiger partial charge in [-0.15, -0.1) is 0 Å². The number of benzene rings is 1. The molecular weight excluding hydrogens is 1050 g/mol. The average Bonchev–Trinajstić information content (AvgIpc) is 4.16. The number of esters is 3. The van der Waals surface area contributed by atoms with Crippen LogP contribution < -0.4 is 0 Å². The van der Waals surface area contributed by atoms with Crippen LogP contribution in [0.5, 0.6) is 0 Å². The highest BCUT2D eigenvalue weighted by Gasteiger charge is 2.28. The van der Waals surface area contributed by atoms with Crippen LogP contribution in [0.15, 0.2) is 158 Å². The normalized spacial score (nSPS) is 10.3. The predicted molar refractivity (Wildman–Crippen MR) is 293 cm³/mol. The first-order chi connectivity index (χ1) is 37.5. The predicted octanol–water partition coefficient (Wildman–Crippen LogP) is 10.0. The van der Waals surface area contributed by atoms with Gasteiger partial charge in [0.05, 0.1) is 49.1 Å². The quantitative estimate of drug-likeness (QED) is 0.0180. The molecule has 0 radical (unpaired) electrons. The molecule has 0 saturated carbocycles. The number of aromatic amines is 2. The van der Waals surface area contributed by atoms with Crippen molar-refractivity contribution in [3.8, 4) is 22.3 Å². The van der Waals surface area contributed by atoms with E-state index in [-0.39, 0.29) is 48.4 Å². The van der Waals surface area contributed by atoms with E-state index >= 15 is 0 Å². The fourth-order valence-electron chi connectivity index (χ4n) is 5.89. The van der Waals surface area contributed by atoms with Crippen molar-refractivity contribution >= 4 is 53.7 Å². The zero-order chi connectivity index (χ0) is 57.6. The third-order valence-electron chi connectivity index (χ3n) is 9.34. The molecule has 0 unspecified atom stereocenters. The second-order valence-corrected chi connectivity index (χ2v) is 19.0. The fourth-order valence-corrected chi connectivity index (χ4v) is 8.21. The van der Waals surface area contributed by atoms with Crippen molar-refractivity contribution in [2.24, 2.45) is 0 Å². The number of carbonyl (C=O) groups is 5. The molecule has 6 aromatic heterocycles. The molecule has 0 saturated heterocycles. The molecule has 1 aromatic carbocycles. The lowest BCUT2D eigenvalue weighted by Gasteiger charge is -2.15. The van der Waals surface area contributed by atoms with Crippen molar-refractivity contribution in [1.29, 1.82) is 0 Å². The van der Waals surface area contributed by atoms with Gasteiger partial charge in [-0.25, -0.2) is 29.4 Å². The molecule has 0 fully saturated rings. The Kier molecular flexibility index (Phi) is 31.1. The SMILES string of the molecule is CCOC(=O)/C=C\c1ccncc1.CCOC(=O)CP(=O)(OCC)OCC.CCOC(=O)c1c[nH]cc1-c1ccncc1.O=C(O)c1c[nH]cc1-c1ccncc1.O=Cc1ccncc1.[C-]#[N+]CS(=O)(=O)c1ccc(C)cc1. The van der Waals surface area contributed by atoms with Crippen LogP contribution in [0.3, 0.4) is 0 Å². The molecule has 0 aliphatic heterocycles. The summed E-state index contributed by atoms with van der Waals surface area (Å²) < 4.78 is 58.6. The summed E-state index contributed by atoms with van der Waals surface area (Å²) in [6.45, 7) is 18.5. The fraction of sp³-hybridized carbons (Fsp3) is 0.236. The van der Waals surface area contributed by atoms with Crippen LogP contribution in [0.25, 0.3) is 33.2 Å². The summed E-state index contributed by atoms with van der Waals surface area (Å²) in [7, 11) is -6.66. The van der Waals surface area contributed by atoms with E-state index < -0.39 is 35.2 Å². The van der Waals surface area contributed by atoms with Gasteiger partial charge < -0.3 is 38.3 Å². The number of nitrogens with zero attached hydrogens (tertiary/aromatic N) is 5. The molecule has 0 bridgehead atoms. The minimum absolute atomic E-state index is 0.217. The van der Waals surface area contributed by atoms with Gasteiger partial charge in [-0.3, -0.25) is 38.9 Å². The van der Waals surface area contributed by atoms with Crippen LogP contribution in [0.2, 0.25) is 0 Å². The number of sulfone groups is 1. The molecule has 0 aliphatic carbocycles. The first kappa shape index (κ1) is 65.4. The Balaban J connectivity index is 0.000000323. The Hall–Kier alpha value is -8.74. The number of nitrogens with one attached hydrogen (secondary N) is 2. The van der Waals surface area contributed by atoms with Gasteiger partial charge in [-0.05, 0) is 125 Å². The summed E-state index contributed by atoms with van der Waals surface area (Å²) >= 11 is 0. The molecule has 21 nitrogen and oxygen atoms in total. The van der Waals surface area contributed by atoms with E-state index in [1.54, 1.807) is 145 Å². The largest absolute Gasteiger partial charge is 0.478 e. The Bertz CT molecular complexity index is 3090. The Labute approximate surface area is 453 Å². The topological polar surface area (TPSA) is 290 Å². The Morgan fingerprint density at radius 2 is 1.08 bits per heavy atom. The molecule has 78 heavy (non-hydrogen) atoms. The third-order valence-corrected chi connectivity index (χ3v) is 12.7. The number of pyridine rings is 4. The number of aromatic nitrogens is 6. The number of rotatable bonds is 18. The number of H-pyrrole nitrogens is 2. The lowest BCUT2D eigenvalue weighted by molar-refractivity contribution is -0.140. The molecule has 3 N–H and O–H groups in total. The van der Waals surface area contributed by atoms with Gasteiger partial charge in [-0.1, -0.05) is 17.7 Å². The number of aldehydes is 1. The average molecular weight is 1110 g/mol. The second-order valence-electron chi connectivity index (χ2n) is 15.0. The van der Waals surface area contributed by atoms with Crippen molar-refractivity contribution in [1.82, 2.24) is 29.9 Å². The lowest BCUT2D eigenvalue weighted by Crippen LogP contribution is -2.12. The highest BCUT2D eigenvalue weighted by atomic mass is 32.2. The van der Waals surface area contributed by atoms with Crippen LogP contribution in [0.4, 0.5) is 0 Å². The molecule has 6 heterocycles. The molecular formula is C55H62N7O14PS.